The lowest BCUT2D eigenvalue weighted by molar-refractivity contribution is -0.154. The molecule has 2 N–H and O–H groups in total. The van der Waals surface area contributed by atoms with E-state index in [1.165, 1.54) is 0 Å². The molecule has 8 unspecified atom stereocenters. The van der Waals surface area contributed by atoms with Crippen LogP contribution < -0.4 is 0 Å². The number of aliphatic hydroxyl groups is 2. The fourth-order valence-corrected chi connectivity index (χ4v) is 6.10. The largest absolute Gasteiger partial charge is 0.458 e. The second-order valence-corrected chi connectivity index (χ2v) is 13.2. The van der Waals surface area contributed by atoms with Gasteiger partial charge in [-0.1, -0.05) is 27.2 Å². The number of aryl methyl sites for hydroxylation is 1. The van der Waals surface area contributed by atoms with E-state index in [9.17, 15) is 19.8 Å². The van der Waals surface area contributed by atoms with E-state index in [0.29, 0.717) is 25.9 Å². The van der Waals surface area contributed by atoms with Gasteiger partial charge in [-0.15, -0.1) is 11.3 Å². The molecular formula is C29H43NO7S. The third kappa shape index (κ3) is 7.30. The van der Waals surface area contributed by atoms with E-state index in [-0.39, 0.29) is 35.9 Å². The maximum Gasteiger partial charge on any atom is 0.309 e. The van der Waals surface area contributed by atoms with Gasteiger partial charge in [0.2, 0.25) is 0 Å². The predicted molar refractivity (Wildman–Crippen MR) is 145 cm³/mol. The lowest BCUT2D eigenvalue weighted by Crippen LogP contribution is -2.46. The Morgan fingerprint density at radius 1 is 1.21 bits per heavy atom. The molecule has 4 heterocycles. The van der Waals surface area contributed by atoms with Crippen molar-refractivity contribution >= 4 is 29.2 Å². The Morgan fingerprint density at radius 2 is 1.95 bits per heavy atom. The molecule has 38 heavy (non-hydrogen) atoms. The predicted octanol–water partition coefficient (Wildman–Crippen LogP) is 4.25. The van der Waals surface area contributed by atoms with Crippen LogP contribution in [0.2, 0.25) is 0 Å². The number of rotatable bonds is 5. The Morgan fingerprint density at radius 3 is 2.61 bits per heavy atom. The van der Waals surface area contributed by atoms with Gasteiger partial charge < -0.3 is 24.4 Å². The van der Waals surface area contributed by atoms with Gasteiger partial charge in [0.05, 0.1) is 59.2 Å². The SMILES string of the molecule is Cc1nc(C=CC2CC3OC3(C)CCCC(C)C(O)C(CCC3CO3)C(=O)C(C)(C)C(O)CC(=O)O2)cs1. The van der Waals surface area contributed by atoms with Crippen molar-refractivity contribution in [2.45, 2.75) is 116 Å². The van der Waals surface area contributed by atoms with Crippen molar-refractivity contribution in [1.29, 1.82) is 0 Å². The van der Waals surface area contributed by atoms with Crippen molar-refractivity contribution < 1.29 is 34.0 Å². The second-order valence-electron chi connectivity index (χ2n) is 12.1. The van der Waals surface area contributed by atoms with Gasteiger partial charge in [-0.25, -0.2) is 4.98 Å². The third-order valence-corrected chi connectivity index (χ3v) is 9.37. The number of fused-ring (bicyclic) bond motifs is 1. The first kappa shape index (κ1) is 29.3. The summed E-state index contributed by atoms with van der Waals surface area (Å²) in [6.45, 7) is 9.98. The number of hydrogen-bond acceptors (Lipinski definition) is 9. The highest BCUT2D eigenvalue weighted by Crippen LogP contribution is 2.44. The molecule has 0 aromatic carbocycles. The number of cyclic esters (lactones) is 1. The van der Waals surface area contributed by atoms with E-state index in [1.54, 1.807) is 25.2 Å². The summed E-state index contributed by atoms with van der Waals surface area (Å²) < 4.78 is 17.2. The lowest BCUT2D eigenvalue weighted by Gasteiger charge is -2.36. The van der Waals surface area contributed by atoms with E-state index in [1.807, 2.05) is 31.4 Å². The van der Waals surface area contributed by atoms with Crippen LogP contribution in [0.4, 0.5) is 0 Å². The van der Waals surface area contributed by atoms with Crippen molar-refractivity contribution in [3.05, 3.63) is 22.2 Å². The van der Waals surface area contributed by atoms with Gasteiger partial charge in [0.25, 0.3) is 0 Å². The molecule has 3 aliphatic heterocycles. The summed E-state index contributed by atoms with van der Waals surface area (Å²) in [7, 11) is 0. The Labute approximate surface area is 229 Å². The minimum absolute atomic E-state index is 0.0514. The second kappa shape index (κ2) is 11.8. The Bertz CT molecular complexity index is 1020. The average molecular weight is 550 g/mol. The van der Waals surface area contributed by atoms with Gasteiger partial charge in [0, 0.05) is 17.7 Å². The number of nitrogens with zero attached hydrogens (tertiary/aromatic N) is 1. The first-order chi connectivity index (χ1) is 17.9. The molecular weight excluding hydrogens is 506 g/mol. The highest BCUT2D eigenvalue weighted by molar-refractivity contribution is 7.09. The van der Waals surface area contributed by atoms with Crippen LogP contribution in [0.5, 0.6) is 0 Å². The zero-order chi connectivity index (χ0) is 27.7. The van der Waals surface area contributed by atoms with Gasteiger partial charge in [0.1, 0.15) is 11.9 Å². The number of hydrogen-bond donors (Lipinski definition) is 2. The highest BCUT2D eigenvalue weighted by atomic mass is 32.1. The summed E-state index contributed by atoms with van der Waals surface area (Å²) in [4.78, 5) is 31.2. The number of carbonyl (C=O) groups is 2. The molecule has 8 atom stereocenters. The summed E-state index contributed by atoms with van der Waals surface area (Å²) >= 11 is 1.55. The smallest absolute Gasteiger partial charge is 0.309 e. The Kier molecular flexibility index (Phi) is 9.14. The van der Waals surface area contributed by atoms with Gasteiger partial charge in [-0.05, 0) is 57.6 Å². The zero-order valence-electron chi connectivity index (χ0n) is 23.2. The molecule has 0 aliphatic carbocycles. The van der Waals surface area contributed by atoms with Crippen LogP contribution in [0.15, 0.2) is 11.5 Å². The number of aromatic nitrogens is 1. The summed E-state index contributed by atoms with van der Waals surface area (Å²) in [6, 6.07) is 0. The number of epoxide rings is 2. The van der Waals surface area contributed by atoms with E-state index in [4.69, 9.17) is 14.2 Å². The molecule has 9 heteroatoms. The highest BCUT2D eigenvalue weighted by Gasteiger charge is 2.52. The first-order valence-electron chi connectivity index (χ1n) is 13.9. The van der Waals surface area contributed by atoms with Crippen molar-refractivity contribution in [2.24, 2.45) is 17.3 Å². The fraction of sp³-hybridized carbons (Fsp3) is 0.759. The molecule has 0 saturated carbocycles. The number of aliphatic hydroxyl groups excluding tert-OH is 2. The molecule has 3 saturated heterocycles. The summed E-state index contributed by atoms with van der Waals surface area (Å²) in [5, 5.41) is 25.2. The van der Waals surface area contributed by atoms with Gasteiger partial charge in [-0.2, -0.15) is 0 Å². The summed E-state index contributed by atoms with van der Waals surface area (Å²) in [6.07, 6.45) is 4.95. The van der Waals surface area contributed by atoms with E-state index in [2.05, 4.69) is 11.9 Å². The molecule has 0 radical (unpaired) electrons. The van der Waals surface area contributed by atoms with Crippen molar-refractivity contribution in [1.82, 2.24) is 4.98 Å². The fourth-order valence-electron chi connectivity index (χ4n) is 5.52. The molecule has 212 valence electrons. The van der Waals surface area contributed by atoms with Gasteiger partial charge >= 0.3 is 5.97 Å². The Balaban J connectivity index is 1.53. The molecule has 4 rings (SSSR count). The molecule has 0 spiro atoms. The minimum Gasteiger partial charge on any atom is -0.458 e. The lowest BCUT2D eigenvalue weighted by atomic mass is 9.71. The number of thiazole rings is 1. The number of ketones is 1. The van der Waals surface area contributed by atoms with Gasteiger partial charge in [-0.3, -0.25) is 9.59 Å². The van der Waals surface area contributed by atoms with Crippen LogP contribution in [0.3, 0.4) is 0 Å². The van der Waals surface area contributed by atoms with Crippen LogP contribution in [-0.4, -0.2) is 69.7 Å². The molecule has 0 amide bonds. The third-order valence-electron chi connectivity index (χ3n) is 8.58. The van der Waals surface area contributed by atoms with Crippen LogP contribution in [0, 0.1) is 24.2 Å². The quantitative estimate of drug-likeness (QED) is 0.413. The Hall–Kier alpha value is -1.65. The summed E-state index contributed by atoms with van der Waals surface area (Å²) in [5.74, 6) is -1.53. The van der Waals surface area contributed by atoms with E-state index >= 15 is 0 Å². The number of Topliss-reactive ketones (excluding diaryl/α,β-unsaturated/α-hetero) is 1. The zero-order valence-corrected chi connectivity index (χ0v) is 24.0. The molecule has 1 aromatic rings. The number of carbonyl (C=O) groups excluding carboxylic acids is 2. The van der Waals surface area contributed by atoms with Crippen LogP contribution >= 0.6 is 11.3 Å². The molecule has 0 bridgehead atoms. The van der Waals surface area contributed by atoms with E-state index < -0.39 is 35.6 Å². The topological polar surface area (TPSA) is 122 Å². The average Bonchev–Trinajstić information content (AvgIpc) is 3.75. The minimum atomic E-state index is -1.24. The maximum atomic E-state index is 13.8. The number of ether oxygens (including phenoxy) is 3. The van der Waals surface area contributed by atoms with E-state index in [0.717, 1.165) is 30.0 Å². The maximum absolute atomic E-state index is 13.8. The van der Waals surface area contributed by atoms with Crippen molar-refractivity contribution in [3.8, 4) is 0 Å². The van der Waals surface area contributed by atoms with Crippen LogP contribution in [-0.2, 0) is 23.8 Å². The van der Waals surface area contributed by atoms with Crippen LogP contribution in [0.1, 0.15) is 83.3 Å². The van der Waals surface area contributed by atoms with Crippen molar-refractivity contribution in [2.75, 3.05) is 6.61 Å². The monoisotopic (exact) mass is 549 g/mol. The molecule has 8 nitrogen and oxygen atoms in total. The molecule has 3 aliphatic rings. The first-order valence-corrected chi connectivity index (χ1v) is 14.8. The number of esters is 1. The standard InChI is InChI=1S/C29H43NO7S/c1-17-7-6-12-29(5)24(37-29)13-20(9-8-19-16-38-18(2)30-19)36-25(32)14-23(31)28(3,4)27(34)22(26(17)33)11-10-21-15-35-21/h8-9,16-17,20-24,26,31,33H,6-7,10-15H2,1-5H3. The normalized spacial score (nSPS) is 38.6. The summed E-state index contributed by atoms with van der Waals surface area (Å²) in [5.41, 5.74) is -0.734. The van der Waals surface area contributed by atoms with Crippen molar-refractivity contribution in [3.63, 3.8) is 0 Å². The molecule has 1 aromatic heterocycles. The molecule has 3 fully saturated rings. The van der Waals surface area contributed by atoms with Gasteiger partial charge in [0.15, 0.2) is 0 Å². The van der Waals surface area contributed by atoms with Crippen LogP contribution in [0.25, 0.3) is 6.08 Å².